The Labute approximate surface area is 153 Å². The average Bonchev–Trinajstić information content (AvgIpc) is 3.35. The summed E-state index contributed by atoms with van der Waals surface area (Å²) in [4.78, 5) is 7.20. The van der Waals surface area contributed by atoms with Gasteiger partial charge in [0.15, 0.2) is 23.5 Å². The number of rotatable bonds is 0. The fourth-order valence-corrected chi connectivity index (χ4v) is 4.16. The molecule has 0 saturated heterocycles. The third-order valence-corrected chi connectivity index (χ3v) is 5.26. The van der Waals surface area contributed by atoms with E-state index in [1.807, 2.05) is 30.5 Å². The Balaban J connectivity index is 1.80. The van der Waals surface area contributed by atoms with Crippen LogP contribution in [-0.4, -0.2) is 4.68 Å². The summed E-state index contributed by atoms with van der Waals surface area (Å²) < 4.78 is 10.4. The summed E-state index contributed by atoms with van der Waals surface area (Å²) in [5, 5.41) is 3.06. The van der Waals surface area contributed by atoms with Gasteiger partial charge < -0.3 is 4.42 Å². The molecule has 0 N–H and O–H groups in total. The lowest BCUT2D eigenvalue weighted by Gasteiger charge is -2.01. The Morgan fingerprint density at radius 1 is 1.00 bits per heavy atom. The number of para-hydroxylation sites is 1. The number of hydrogen-bond acceptors (Lipinski definition) is 1. The fourth-order valence-electron chi connectivity index (χ4n) is 4.16. The van der Waals surface area contributed by atoms with Gasteiger partial charge in [-0.15, -0.1) is 9.36 Å². The molecular weight excluding hydrogens is 336 g/mol. The fraction of sp³-hybridized carbons (Fsp3) is 0.0455. The second kappa shape index (κ2) is 4.75. The Bertz CT molecular complexity index is 1520. The summed E-state index contributed by atoms with van der Waals surface area (Å²) >= 11 is 0. The first-order chi connectivity index (χ1) is 13.3. The molecule has 3 aromatic carbocycles. The monoisotopic (exact) mass is 347 g/mol. The van der Waals surface area contributed by atoms with Gasteiger partial charge in [-0.3, -0.25) is 0 Å². The molecule has 124 valence electrons. The summed E-state index contributed by atoms with van der Waals surface area (Å²) in [7, 11) is 0. The normalized spacial score (nSPS) is 12.2. The quantitative estimate of drug-likeness (QED) is 0.272. The van der Waals surface area contributed by atoms with Gasteiger partial charge in [0.1, 0.15) is 11.1 Å². The molecule has 0 unspecified atom stereocenters. The van der Waals surface area contributed by atoms with Crippen molar-refractivity contribution in [3.05, 3.63) is 83.1 Å². The van der Waals surface area contributed by atoms with E-state index < -0.39 is 0 Å². The highest BCUT2D eigenvalue weighted by Crippen LogP contribution is 2.40. The van der Waals surface area contributed by atoms with E-state index in [0.29, 0.717) is 17.9 Å². The molecule has 5 aromatic rings. The van der Waals surface area contributed by atoms with E-state index in [1.165, 1.54) is 0 Å². The maximum Gasteiger partial charge on any atom is 0.207 e. The van der Waals surface area contributed by atoms with Crippen LogP contribution in [-0.2, 0) is 6.54 Å². The van der Waals surface area contributed by atoms with Gasteiger partial charge in [0, 0.05) is 16.2 Å². The molecule has 5 heteroatoms. The summed E-state index contributed by atoms with van der Waals surface area (Å²) in [6.07, 6.45) is 2.01. The molecule has 0 atom stereocenters. The van der Waals surface area contributed by atoms with Gasteiger partial charge in [0.05, 0.1) is 18.7 Å². The Morgan fingerprint density at radius 3 is 2.74 bits per heavy atom. The standard InChI is InChI=1S/C22H11N4O/c1-23-15-9-14-12-25-11-13-7-8-17-16-5-3-4-6-19(16)27-22(17)21(13)26(25)20(14)18(10-15)24-2/h3-10,12H,11H2/q+1. The number of aromatic nitrogens is 2. The largest absolute Gasteiger partial charge is 0.454 e. The van der Waals surface area contributed by atoms with E-state index in [0.717, 1.165) is 44.1 Å². The smallest absolute Gasteiger partial charge is 0.207 e. The first-order valence-electron chi connectivity index (χ1n) is 8.56. The predicted octanol–water partition coefficient (Wildman–Crippen LogP) is 5.28. The lowest BCUT2D eigenvalue weighted by molar-refractivity contribution is -0.749. The van der Waals surface area contributed by atoms with Crippen LogP contribution in [0.15, 0.2) is 59.1 Å². The van der Waals surface area contributed by atoms with Crippen molar-refractivity contribution in [3.8, 4) is 5.69 Å². The van der Waals surface area contributed by atoms with Gasteiger partial charge in [0.25, 0.3) is 0 Å². The van der Waals surface area contributed by atoms with Crippen LogP contribution in [0.4, 0.5) is 11.4 Å². The zero-order valence-electron chi connectivity index (χ0n) is 14.1. The topological polar surface area (TPSA) is 30.7 Å². The molecular formula is C22H11N4O+. The van der Waals surface area contributed by atoms with Crippen LogP contribution in [0.3, 0.4) is 0 Å². The molecule has 0 amide bonds. The van der Waals surface area contributed by atoms with E-state index in [2.05, 4.69) is 37.3 Å². The maximum absolute atomic E-state index is 7.61. The van der Waals surface area contributed by atoms with Crippen molar-refractivity contribution in [2.24, 2.45) is 0 Å². The van der Waals surface area contributed by atoms with E-state index in [-0.39, 0.29) is 0 Å². The van der Waals surface area contributed by atoms with E-state index >= 15 is 0 Å². The van der Waals surface area contributed by atoms with Crippen molar-refractivity contribution in [2.75, 3.05) is 0 Å². The van der Waals surface area contributed by atoms with Gasteiger partial charge >= 0.3 is 0 Å². The summed E-state index contributed by atoms with van der Waals surface area (Å²) in [5.74, 6) is 0. The van der Waals surface area contributed by atoms with Crippen molar-refractivity contribution in [3.63, 3.8) is 0 Å². The Hall–Kier alpha value is -4.09. The number of furan rings is 1. The number of nitrogens with zero attached hydrogens (tertiary/aromatic N) is 4. The molecule has 0 radical (unpaired) electrons. The zero-order valence-corrected chi connectivity index (χ0v) is 14.1. The molecule has 1 aliphatic rings. The maximum atomic E-state index is 7.61. The van der Waals surface area contributed by atoms with Crippen LogP contribution >= 0.6 is 0 Å². The third-order valence-electron chi connectivity index (χ3n) is 5.26. The molecule has 3 heterocycles. The van der Waals surface area contributed by atoms with Gasteiger partial charge in [-0.05, 0) is 30.3 Å². The molecule has 6 rings (SSSR count). The SMILES string of the molecule is [C-]#[N+]c1cc([N+]#[C-])c2c(c1)c[n+]1n2-c2c(ccc3c2oc2ccccc23)C1. The number of fused-ring (bicyclic) bond motifs is 9. The van der Waals surface area contributed by atoms with Crippen LogP contribution < -0.4 is 4.68 Å². The van der Waals surface area contributed by atoms with E-state index in [1.54, 1.807) is 6.07 Å². The number of hydrogen-bond donors (Lipinski definition) is 0. The van der Waals surface area contributed by atoms with Crippen LogP contribution in [0.1, 0.15) is 5.56 Å². The lowest BCUT2D eigenvalue weighted by atomic mass is 10.1. The van der Waals surface area contributed by atoms with Crippen molar-refractivity contribution < 1.29 is 9.10 Å². The molecule has 0 spiro atoms. The van der Waals surface area contributed by atoms with Crippen LogP contribution in [0.25, 0.3) is 48.2 Å². The molecule has 2 aromatic heterocycles. The molecule has 0 saturated carbocycles. The van der Waals surface area contributed by atoms with Gasteiger partial charge in [0.2, 0.25) is 11.9 Å². The summed E-state index contributed by atoms with van der Waals surface area (Å²) in [6, 6.07) is 15.8. The zero-order chi connectivity index (χ0) is 18.1. The summed E-state index contributed by atoms with van der Waals surface area (Å²) in [6.45, 7) is 15.6. The minimum Gasteiger partial charge on any atom is -0.454 e. The lowest BCUT2D eigenvalue weighted by Crippen LogP contribution is -2.36. The molecule has 0 fully saturated rings. The third kappa shape index (κ3) is 1.68. The highest BCUT2D eigenvalue weighted by atomic mass is 16.3. The van der Waals surface area contributed by atoms with Crippen molar-refractivity contribution in [1.29, 1.82) is 0 Å². The van der Waals surface area contributed by atoms with Crippen molar-refractivity contribution in [1.82, 2.24) is 4.68 Å². The molecule has 0 aliphatic carbocycles. The first kappa shape index (κ1) is 14.1. The highest BCUT2D eigenvalue weighted by molar-refractivity contribution is 6.08. The summed E-state index contributed by atoms with van der Waals surface area (Å²) in [5.41, 5.74) is 5.63. The van der Waals surface area contributed by atoms with Gasteiger partial charge in [-0.2, -0.15) is 0 Å². The predicted molar refractivity (Wildman–Crippen MR) is 102 cm³/mol. The van der Waals surface area contributed by atoms with E-state index in [9.17, 15) is 0 Å². The Kier molecular flexibility index (Phi) is 2.48. The Morgan fingerprint density at radius 2 is 1.89 bits per heavy atom. The second-order valence-corrected chi connectivity index (χ2v) is 6.71. The highest BCUT2D eigenvalue weighted by Gasteiger charge is 2.33. The van der Waals surface area contributed by atoms with Gasteiger partial charge in [-0.1, -0.05) is 18.2 Å². The van der Waals surface area contributed by atoms with E-state index in [4.69, 9.17) is 17.6 Å². The molecule has 0 bridgehead atoms. The minimum atomic E-state index is 0.484. The van der Waals surface area contributed by atoms with Crippen LogP contribution in [0.2, 0.25) is 0 Å². The first-order valence-corrected chi connectivity index (χ1v) is 8.56. The van der Waals surface area contributed by atoms with Crippen molar-refractivity contribution in [2.45, 2.75) is 6.54 Å². The second-order valence-electron chi connectivity index (χ2n) is 6.71. The van der Waals surface area contributed by atoms with Crippen LogP contribution in [0, 0.1) is 13.1 Å². The van der Waals surface area contributed by atoms with Gasteiger partial charge in [-0.25, -0.2) is 9.69 Å². The molecule has 27 heavy (non-hydrogen) atoms. The molecule has 5 nitrogen and oxygen atoms in total. The van der Waals surface area contributed by atoms with Crippen molar-refractivity contribution >= 4 is 44.2 Å². The molecule has 1 aliphatic heterocycles. The number of benzene rings is 3. The minimum absolute atomic E-state index is 0.484. The van der Waals surface area contributed by atoms with Crippen LogP contribution in [0.5, 0.6) is 0 Å². The average molecular weight is 347 g/mol.